The number of nitrogens with zero attached hydrogens (tertiary/aromatic N) is 1. The summed E-state index contributed by atoms with van der Waals surface area (Å²) in [6.07, 6.45) is 2.38. The van der Waals surface area contributed by atoms with Crippen LogP contribution in [0.25, 0.3) is 0 Å². The summed E-state index contributed by atoms with van der Waals surface area (Å²) in [5, 5.41) is 0. The zero-order chi connectivity index (χ0) is 11.4. The summed E-state index contributed by atoms with van der Waals surface area (Å²) in [5.41, 5.74) is 1.71. The van der Waals surface area contributed by atoms with Crippen LogP contribution in [0, 0.1) is 18.9 Å². The maximum absolute atomic E-state index is 11.8. The van der Waals surface area contributed by atoms with Crippen molar-refractivity contribution in [1.82, 2.24) is 4.90 Å². The number of aryl methyl sites for hydroxylation is 1. The highest BCUT2D eigenvalue weighted by molar-refractivity contribution is 6.09. The Kier molecular flexibility index (Phi) is 3.26. The molecule has 0 radical (unpaired) electrons. The van der Waals surface area contributed by atoms with Gasteiger partial charge in [0.05, 0.1) is 0 Å². The van der Waals surface area contributed by atoms with Crippen molar-refractivity contribution in [2.24, 2.45) is 0 Å². The summed E-state index contributed by atoms with van der Waals surface area (Å²) in [6, 6.07) is 10.5. The molecule has 0 spiro atoms. The Hall–Kier alpha value is -1.75. The van der Waals surface area contributed by atoms with Gasteiger partial charge < -0.3 is 4.90 Å². The van der Waals surface area contributed by atoms with Gasteiger partial charge in [-0.2, -0.15) is 0 Å². The van der Waals surface area contributed by atoms with Crippen molar-refractivity contribution in [2.75, 3.05) is 13.1 Å². The lowest BCUT2D eigenvalue weighted by molar-refractivity contribution is 0.105. The van der Waals surface area contributed by atoms with Crippen LogP contribution in [-0.2, 0) is 0 Å². The Bertz CT molecular complexity index is 447. The number of rotatable bonds is 1. The average Bonchev–Trinajstić information content (AvgIpc) is 2.79. The van der Waals surface area contributed by atoms with E-state index in [1.807, 2.05) is 36.1 Å². The summed E-state index contributed by atoms with van der Waals surface area (Å²) in [5.74, 6) is 2.64. The van der Waals surface area contributed by atoms with E-state index in [2.05, 4.69) is 12.0 Å². The molecular weight excluding hydrogens is 198 g/mol. The van der Waals surface area contributed by atoms with Crippen molar-refractivity contribution in [1.29, 1.82) is 0 Å². The van der Waals surface area contributed by atoms with Gasteiger partial charge in [0.25, 0.3) is 0 Å². The zero-order valence-electron chi connectivity index (χ0n) is 9.49. The summed E-state index contributed by atoms with van der Waals surface area (Å²) in [6.45, 7) is 3.92. The molecule has 2 nitrogen and oxygen atoms in total. The molecule has 0 bridgehead atoms. The molecule has 2 rings (SSSR count). The van der Waals surface area contributed by atoms with Gasteiger partial charge >= 0.3 is 0 Å². The first-order valence-electron chi connectivity index (χ1n) is 5.64. The summed E-state index contributed by atoms with van der Waals surface area (Å²) < 4.78 is 0. The van der Waals surface area contributed by atoms with Gasteiger partial charge in [0.15, 0.2) is 0 Å². The minimum Gasteiger partial charge on any atom is -0.332 e. The van der Waals surface area contributed by atoms with Crippen molar-refractivity contribution in [3.8, 4) is 12.0 Å². The standard InChI is InChI=1S/C14H15NO/c1-12-6-2-3-7-13(12)14(16)8-11-15-9-4-5-10-15/h2-3,6-7H,4-5,9-10H2,1H3. The van der Waals surface area contributed by atoms with Gasteiger partial charge in [0, 0.05) is 24.7 Å². The van der Waals surface area contributed by atoms with Crippen LogP contribution < -0.4 is 0 Å². The molecule has 1 aliphatic heterocycles. The van der Waals surface area contributed by atoms with Crippen molar-refractivity contribution < 1.29 is 4.79 Å². The number of hydrogen-bond acceptors (Lipinski definition) is 2. The molecule has 1 saturated heterocycles. The monoisotopic (exact) mass is 213 g/mol. The maximum atomic E-state index is 11.8. The molecule has 0 aliphatic carbocycles. The topological polar surface area (TPSA) is 20.3 Å². The lowest BCUT2D eigenvalue weighted by Crippen LogP contribution is -2.12. The Labute approximate surface area is 96.3 Å². The normalized spacial score (nSPS) is 14.4. The van der Waals surface area contributed by atoms with E-state index < -0.39 is 0 Å². The smallest absolute Gasteiger partial charge is 0.237 e. The Balaban J connectivity index is 2.11. The second kappa shape index (κ2) is 4.85. The quantitative estimate of drug-likeness (QED) is 0.526. The van der Waals surface area contributed by atoms with E-state index >= 15 is 0 Å². The number of carbonyl (C=O) groups is 1. The van der Waals surface area contributed by atoms with E-state index in [0.717, 1.165) is 18.7 Å². The van der Waals surface area contributed by atoms with Crippen molar-refractivity contribution in [3.05, 3.63) is 35.4 Å². The zero-order valence-corrected chi connectivity index (χ0v) is 9.49. The van der Waals surface area contributed by atoms with Gasteiger partial charge in [-0.05, 0) is 31.2 Å². The molecule has 16 heavy (non-hydrogen) atoms. The number of Topliss-reactive ketones (excluding diaryl/α,β-unsaturated/α-hetero) is 1. The molecular formula is C14H15NO. The minimum absolute atomic E-state index is 0.0787. The first kappa shape index (κ1) is 10.8. The molecule has 0 atom stereocenters. The van der Waals surface area contributed by atoms with E-state index in [9.17, 15) is 4.79 Å². The first-order valence-corrected chi connectivity index (χ1v) is 5.64. The fourth-order valence-corrected chi connectivity index (χ4v) is 1.85. The molecule has 1 heterocycles. The van der Waals surface area contributed by atoms with Gasteiger partial charge in [-0.1, -0.05) is 24.3 Å². The van der Waals surface area contributed by atoms with E-state index in [-0.39, 0.29) is 5.78 Å². The largest absolute Gasteiger partial charge is 0.332 e. The van der Waals surface area contributed by atoms with Crippen LogP contribution in [0.5, 0.6) is 0 Å². The number of ketones is 1. The number of carbonyl (C=O) groups excluding carboxylic acids is 1. The van der Waals surface area contributed by atoms with Gasteiger partial charge in [-0.25, -0.2) is 0 Å². The molecule has 0 amide bonds. The van der Waals surface area contributed by atoms with E-state index in [1.165, 1.54) is 12.8 Å². The summed E-state index contributed by atoms with van der Waals surface area (Å²) in [7, 11) is 0. The van der Waals surface area contributed by atoms with Crippen LogP contribution >= 0.6 is 0 Å². The summed E-state index contributed by atoms with van der Waals surface area (Å²) in [4.78, 5) is 13.8. The lowest BCUT2D eigenvalue weighted by Gasteiger charge is -2.05. The van der Waals surface area contributed by atoms with Crippen LogP contribution in [-0.4, -0.2) is 23.8 Å². The molecule has 2 heteroatoms. The second-order valence-electron chi connectivity index (χ2n) is 4.08. The first-order chi connectivity index (χ1) is 7.77. The third kappa shape index (κ3) is 2.43. The molecule has 1 fully saturated rings. The van der Waals surface area contributed by atoms with E-state index in [4.69, 9.17) is 0 Å². The number of benzene rings is 1. The van der Waals surface area contributed by atoms with Crippen molar-refractivity contribution in [2.45, 2.75) is 19.8 Å². The molecule has 1 aromatic carbocycles. The van der Waals surface area contributed by atoms with Crippen LogP contribution in [0.15, 0.2) is 24.3 Å². The molecule has 0 unspecified atom stereocenters. The van der Waals surface area contributed by atoms with Crippen LogP contribution in [0.2, 0.25) is 0 Å². The minimum atomic E-state index is -0.0787. The number of likely N-dealkylation sites (tertiary alicyclic amines) is 1. The average molecular weight is 213 g/mol. The lowest BCUT2D eigenvalue weighted by atomic mass is 10.1. The predicted molar refractivity (Wildman–Crippen MR) is 64.1 cm³/mol. The van der Waals surface area contributed by atoms with Gasteiger partial charge in [-0.3, -0.25) is 4.79 Å². The molecule has 82 valence electrons. The Morgan fingerprint density at radius 1 is 1.25 bits per heavy atom. The SMILES string of the molecule is Cc1ccccc1C(=O)C#CN1CCCC1. The second-order valence-corrected chi connectivity index (χ2v) is 4.08. The van der Waals surface area contributed by atoms with Gasteiger partial charge in [0.2, 0.25) is 5.78 Å². The van der Waals surface area contributed by atoms with Crippen molar-refractivity contribution >= 4 is 5.78 Å². The van der Waals surface area contributed by atoms with E-state index in [0.29, 0.717) is 5.56 Å². The van der Waals surface area contributed by atoms with Crippen LogP contribution in [0.1, 0.15) is 28.8 Å². The highest BCUT2D eigenvalue weighted by Gasteiger charge is 2.08. The predicted octanol–water partition coefficient (Wildman–Crippen LogP) is 2.23. The third-order valence-electron chi connectivity index (χ3n) is 2.82. The molecule has 1 aliphatic rings. The highest BCUT2D eigenvalue weighted by atomic mass is 16.1. The molecule has 1 aromatic rings. The van der Waals surface area contributed by atoms with Crippen molar-refractivity contribution in [3.63, 3.8) is 0 Å². The number of hydrogen-bond donors (Lipinski definition) is 0. The Morgan fingerprint density at radius 2 is 1.94 bits per heavy atom. The molecule has 0 saturated carbocycles. The van der Waals surface area contributed by atoms with Gasteiger partial charge in [0.1, 0.15) is 0 Å². The Morgan fingerprint density at radius 3 is 2.62 bits per heavy atom. The highest BCUT2D eigenvalue weighted by Crippen LogP contribution is 2.08. The van der Waals surface area contributed by atoms with Gasteiger partial charge in [-0.15, -0.1) is 0 Å². The fraction of sp³-hybridized carbons (Fsp3) is 0.357. The molecule has 0 aromatic heterocycles. The van der Waals surface area contributed by atoms with E-state index in [1.54, 1.807) is 0 Å². The van der Waals surface area contributed by atoms with Crippen LogP contribution in [0.3, 0.4) is 0 Å². The fourth-order valence-electron chi connectivity index (χ4n) is 1.85. The van der Waals surface area contributed by atoms with Crippen LogP contribution in [0.4, 0.5) is 0 Å². The summed E-state index contributed by atoms with van der Waals surface area (Å²) >= 11 is 0. The maximum Gasteiger partial charge on any atom is 0.237 e. The third-order valence-corrected chi connectivity index (χ3v) is 2.82. The molecule has 0 N–H and O–H groups in total.